The Morgan fingerprint density at radius 1 is 1.35 bits per heavy atom. The molecule has 0 aliphatic heterocycles. The number of carbonyl (C=O) groups excluding carboxylic acids is 1. The van der Waals surface area contributed by atoms with Crippen molar-refractivity contribution < 1.29 is 14.7 Å². The van der Waals surface area contributed by atoms with Crippen LogP contribution in [0, 0.1) is 6.92 Å². The van der Waals surface area contributed by atoms with E-state index in [1.54, 1.807) is 6.07 Å². The molecule has 1 aliphatic carbocycles. The maximum atomic E-state index is 12.2. The third kappa shape index (κ3) is 2.10. The van der Waals surface area contributed by atoms with Gasteiger partial charge in [-0.2, -0.15) is 0 Å². The van der Waals surface area contributed by atoms with Gasteiger partial charge in [0.1, 0.15) is 5.00 Å². The molecule has 0 saturated heterocycles. The van der Waals surface area contributed by atoms with Crippen LogP contribution in [0.3, 0.4) is 0 Å². The molecular weight excluding hydrogens is 274 g/mol. The number of anilines is 1. The summed E-state index contributed by atoms with van der Waals surface area (Å²) < 4.78 is 0. The van der Waals surface area contributed by atoms with E-state index in [2.05, 4.69) is 5.32 Å². The maximum absolute atomic E-state index is 12.2. The second kappa shape index (κ2) is 4.76. The van der Waals surface area contributed by atoms with E-state index in [9.17, 15) is 9.59 Å². The first-order chi connectivity index (χ1) is 9.56. The Kier molecular flexibility index (Phi) is 3.06. The molecule has 1 heterocycles. The molecule has 0 fully saturated rings. The number of thiophene rings is 1. The molecule has 3 rings (SSSR count). The van der Waals surface area contributed by atoms with E-state index >= 15 is 0 Å². The summed E-state index contributed by atoms with van der Waals surface area (Å²) in [5.74, 6) is -1.32. The van der Waals surface area contributed by atoms with Gasteiger partial charge in [0.25, 0.3) is 0 Å². The minimum Gasteiger partial charge on any atom is -0.478 e. The number of aromatic carboxylic acids is 1. The molecule has 1 aromatic carbocycles. The third-order valence-corrected chi connectivity index (χ3v) is 4.46. The topological polar surface area (TPSA) is 66.4 Å². The number of benzene rings is 1. The summed E-state index contributed by atoms with van der Waals surface area (Å²) in [5, 5.41) is 12.3. The fourth-order valence-corrected chi connectivity index (χ4v) is 3.36. The van der Waals surface area contributed by atoms with Gasteiger partial charge in [-0.15, -0.1) is 11.3 Å². The number of carboxylic acids is 1. The van der Waals surface area contributed by atoms with Gasteiger partial charge in [0.05, 0.1) is 11.5 Å². The average Bonchev–Trinajstić information content (AvgIpc) is 2.72. The first-order valence-corrected chi connectivity index (χ1v) is 7.10. The molecule has 0 spiro atoms. The Labute approximate surface area is 120 Å². The van der Waals surface area contributed by atoms with Crippen LogP contribution in [0.5, 0.6) is 0 Å². The third-order valence-electron chi connectivity index (χ3n) is 3.49. The summed E-state index contributed by atoms with van der Waals surface area (Å²) >= 11 is 1.29. The largest absolute Gasteiger partial charge is 0.478 e. The Morgan fingerprint density at radius 3 is 2.80 bits per heavy atom. The molecule has 1 aromatic heterocycles. The van der Waals surface area contributed by atoms with Crippen LogP contribution in [0.25, 0.3) is 0 Å². The van der Waals surface area contributed by atoms with Crippen LogP contribution in [0.4, 0.5) is 5.00 Å². The van der Waals surface area contributed by atoms with Crippen LogP contribution in [0.1, 0.15) is 32.3 Å². The predicted molar refractivity (Wildman–Crippen MR) is 77.5 cm³/mol. The lowest BCUT2D eigenvalue weighted by molar-refractivity contribution is -0.118. The molecule has 1 amide bonds. The molecule has 2 aromatic rings. The predicted octanol–water partition coefficient (Wildman–Crippen LogP) is 3.03. The maximum Gasteiger partial charge on any atom is 0.338 e. The summed E-state index contributed by atoms with van der Waals surface area (Å²) in [5.41, 5.74) is 2.39. The molecule has 2 N–H and O–H groups in total. The molecule has 0 bridgehead atoms. The van der Waals surface area contributed by atoms with Gasteiger partial charge in [-0.3, -0.25) is 4.79 Å². The first-order valence-electron chi connectivity index (χ1n) is 6.28. The van der Waals surface area contributed by atoms with Crippen LogP contribution in [0.2, 0.25) is 0 Å². The SMILES string of the molecule is Cc1cc(C(=O)O)c(NC(=O)C2Cc3ccccc32)s1. The lowest BCUT2D eigenvalue weighted by atomic mass is 9.77. The average molecular weight is 287 g/mol. The molecular formula is C15H13NO3S. The highest BCUT2D eigenvalue weighted by atomic mass is 32.1. The van der Waals surface area contributed by atoms with E-state index < -0.39 is 5.97 Å². The fraction of sp³-hybridized carbons (Fsp3) is 0.200. The smallest absolute Gasteiger partial charge is 0.338 e. The summed E-state index contributed by atoms with van der Waals surface area (Å²) in [6.07, 6.45) is 0.717. The number of hydrogen-bond acceptors (Lipinski definition) is 3. The van der Waals surface area contributed by atoms with Crippen LogP contribution >= 0.6 is 11.3 Å². The fourth-order valence-electron chi connectivity index (χ4n) is 2.46. The molecule has 1 atom stereocenters. The van der Waals surface area contributed by atoms with E-state index in [0.29, 0.717) is 5.00 Å². The molecule has 1 unspecified atom stereocenters. The van der Waals surface area contributed by atoms with Crippen molar-refractivity contribution in [1.29, 1.82) is 0 Å². The minimum atomic E-state index is -1.02. The van der Waals surface area contributed by atoms with E-state index in [1.807, 2.05) is 31.2 Å². The van der Waals surface area contributed by atoms with E-state index in [1.165, 1.54) is 16.9 Å². The Bertz CT molecular complexity index is 705. The number of carbonyl (C=O) groups is 2. The molecule has 20 heavy (non-hydrogen) atoms. The highest BCUT2D eigenvalue weighted by Gasteiger charge is 2.32. The van der Waals surface area contributed by atoms with E-state index in [-0.39, 0.29) is 17.4 Å². The highest BCUT2D eigenvalue weighted by Crippen LogP contribution is 2.36. The summed E-state index contributed by atoms with van der Waals surface area (Å²) in [4.78, 5) is 24.2. The summed E-state index contributed by atoms with van der Waals surface area (Å²) in [6, 6.07) is 9.41. The molecule has 5 heteroatoms. The van der Waals surface area contributed by atoms with Crippen molar-refractivity contribution >= 4 is 28.2 Å². The number of amides is 1. The molecule has 4 nitrogen and oxygen atoms in total. The zero-order chi connectivity index (χ0) is 14.3. The number of hydrogen-bond donors (Lipinski definition) is 2. The number of aryl methyl sites for hydroxylation is 1. The van der Waals surface area contributed by atoms with Crippen LogP contribution in [-0.4, -0.2) is 17.0 Å². The van der Waals surface area contributed by atoms with Crippen molar-refractivity contribution in [2.24, 2.45) is 0 Å². The Morgan fingerprint density at radius 2 is 2.10 bits per heavy atom. The second-order valence-electron chi connectivity index (χ2n) is 4.85. The van der Waals surface area contributed by atoms with Gasteiger partial charge in [0, 0.05) is 4.88 Å². The quantitative estimate of drug-likeness (QED) is 0.912. The summed E-state index contributed by atoms with van der Waals surface area (Å²) in [6.45, 7) is 1.82. The van der Waals surface area contributed by atoms with Gasteiger partial charge in [0.2, 0.25) is 5.91 Å². The molecule has 1 aliphatic rings. The van der Waals surface area contributed by atoms with Gasteiger partial charge in [-0.1, -0.05) is 24.3 Å². The normalized spacial score (nSPS) is 16.1. The number of carboxylic acid groups (broad SMARTS) is 1. The lowest BCUT2D eigenvalue weighted by Gasteiger charge is -2.28. The van der Waals surface area contributed by atoms with Crippen molar-refractivity contribution in [3.05, 3.63) is 51.9 Å². The van der Waals surface area contributed by atoms with E-state index in [0.717, 1.165) is 16.9 Å². The number of nitrogens with one attached hydrogen (secondary N) is 1. The molecule has 0 radical (unpaired) electrons. The highest BCUT2D eigenvalue weighted by molar-refractivity contribution is 7.16. The van der Waals surface area contributed by atoms with Gasteiger partial charge < -0.3 is 10.4 Å². The molecule has 0 saturated carbocycles. The van der Waals surface area contributed by atoms with Crippen molar-refractivity contribution in [1.82, 2.24) is 0 Å². The molecule has 102 valence electrons. The zero-order valence-electron chi connectivity index (χ0n) is 10.8. The van der Waals surface area contributed by atoms with Crippen LogP contribution in [0.15, 0.2) is 30.3 Å². The van der Waals surface area contributed by atoms with Gasteiger partial charge in [0.15, 0.2) is 0 Å². The van der Waals surface area contributed by atoms with Crippen molar-refractivity contribution in [2.75, 3.05) is 5.32 Å². The van der Waals surface area contributed by atoms with Crippen LogP contribution < -0.4 is 5.32 Å². The van der Waals surface area contributed by atoms with E-state index in [4.69, 9.17) is 5.11 Å². The number of rotatable bonds is 3. The first kappa shape index (κ1) is 12.9. The number of fused-ring (bicyclic) bond motifs is 1. The van der Waals surface area contributed by atoms with Crippen LogP contribution in [-0.2, 0) is 11.2 Å². The minimum absolute atomic E-state index is 0.131. The summed E-state index contributed by atoms with van der Waals surface area (Å²) in [7, 11) is 0. The standard InChI is InChI=1S/C15H13NO3S/c1-8-6-12(15(18)19)14(20-8)16-13(17)11-7-9-4-2-3-5-10(9)11/h2-6,11H,7H2,1H3,(H,16,17)(H,18,19). The Balaban J connectivity index is 1.80. The van der Waals surface area contributed by atoms with Gasteiger partial charge in [-0.05, 0) is 30.5 Å². The monoisotopic (exact) mass is 287 g/mol. The Hall–Kier alpha value is -2.14. The van der Waals surface area contributed by atoms with Gasteiger partial charge in [-0.25, -0.2) is 4.79 Å². The van der Waals surface area contributed by atoms with Gasteiger partial charge >= 0.3 is 5.97 Å². The van der Waals surface area contributed by atoms with Crippen molar-refractivity contribution in [3.8, 4) is 0 Å². The lowest BCUT2D eigenvalue weighted by Crippen LogP contribution is -2.30. The van der Waals surface area contributed by atoms with Crippen molar-refractivity contribution in [2.45, 2.75) is 19.3 Å². The second-order valence-corrected chi connectivity index (χ2v) is 6.11. The van der Waals surface area contributed by atoms with Crippen molar-refractivity contribution in [3.63, 3.8) is 0 Å². The zero-order valence-corrected chi connectivity index (χ0v) is 11.7.